The van der Waals surface area contributed by atoms with Crippen LogP contribution in [0.25, 0.3) is 10.8 Å². The van der Waals surface area contributed by atoms with Crippen LogP contribution >= 0.6 is 0 Å². The molecule has 0 bridgehead atoms. The quantitative estimate of drug-likeness (QED) is 0.616. The third kappa shape index (κ3) is 3.98. The second kappa shape index (κ2) is 9.02. The van der Waals surface area contributed by atoms with Gasteiger partial charge in [0.05, 0.1) is 11.6 Å². The Morgan fingerprint density at radius 3 is 2.79 bits per heavy atom. The number of piperidine rings is 1. The fourth-order valence-corrected chi connectivity index (χ4v) is 4.95. The molecule has 34 heavy (non-hydrogen) atoms. The SMILES string of the molecule is Cc1cccc2ccnc(N(C(=O)c3ccc(N4CC(C)NC4=O)cc3F)[C@@H]3CCCNC3)c12. The maximum atomic E-state index is 15.4. The van der Waals surface area contributed by atoms with Gasteiger partial charge in [-0.25, -0.2) is 14.2 Å². The Balaban J connectivity index is 1.57. The summed E-state index contributed by atoms with van der Waals surface area (Å²) < 4.78 is 15.4. The lowest BCUT2D eigenvalue weighted by molar-refractivity contribution is 0.0968. The molecule has 0 saturated carbocycles. The van der Waals surface area contributed by atoms with E-state index >= 15 is 4.39 Å². The van der Waals surface area contributed by atoms with E-state index in [-0.39, 0.29) is 23.7 Å². The molecule has 2 N–H and O–H groups in total. The molecule has 1 unspecified atom stereocenters. The Labute approximate surface area is 198 Å². The first-order chi connectivity index (χ1) is 16.4. The number of amides is 3. The van der Waals surface area contributed by atoms with Gasteiger partial charge < -0.3 is 10.6 Å². The number of carbonyl (C=O) groups is 2. The summed E-state index contributed by atoms with van der Waals surface area (Å²) in [4.78, 5) is 33.8. The first-order valence-corrected chi connectivity index (χ1v) is 11.7. The number of nitrogens with zero attached hydrogens (tertiary/aromatic N) is 3. The van der Waals surface area contributed by atoms with Crippen molar-refractivity contribution < 1.29 is 14.0 Å². The van der Waals surface area contributed by atoms with E-state index in [1.165, 1.54) is 17.0 Å². The molecule has 3 heterocycles. The Morgan fingerprint density at radius 2 is 2.09 bits per heavy atom. The number of halogens is 1. The third-order valence-electron chi connectivity index (χ3n) is 6.63. The van der Waals surface area contributed by atoms with E-state index in [0.717, 1.165) is 35.7 Å². The first kappa shape index (κ1) is 22.3. The van der Waals surface area contributed by atoms with E-state index in [0.29, 0.717) is 24.6 Å². The summed E-state index contributed by atoms with van der Waals surface area (Å²) in [5.41, 5.74) is 1.41. The van der Waals surface area contributed by atoms with Gasteiger partial charge in [0.25, 0.3) is 5.91 Å². The maximum Gasteiger partial charge on any atom is 0.322 e. The molecule has 8 heteroatoms. The van der Waals surface area contributed by atoms with Crippen molar-refractivity contribution in [1.82, 2.24) is 15.6 Å². The van der Waals surface area contributed by atoms with Crippen LogP contribution in [-0.4, -0.2) is 48.6 Å². The van der Waals surface area contributed by atoms with Gasteiger partial charge in [-0.05, 0) is 68.4 Å². The zero-order chi connectivity index (χ0) is 23.8. The van der Waals surface area contributed by atoms with Gasteiger partial charge in [-0.15, -0.1) is 0 Å². The minimum atomic E-state index is -0.652. The highest BCUT2D eigenvalue weighted by Crippen LogP contribution is 2.32. The predicted octanol–water partition coefficient (Wildman–Crippen LogP) is 4.00. The van der Waals surface area contributed by atoms with E-state index < -0.39 is 11.7 Å². The second-order valence-electron chi connectivity index (χ2n) is 9.11. The molecule has 2 saturated heterocycles. The van der Waals surface area contributed by atoms with Gasteiger partial charge in [0.1, 0.15) is 11.6 Å². The highest BCUT2D eigenvalue weighted by molar-refractivity contribution is 6.11. The van der Waals surface area contributed by atoms with Gasteiger partial charge in [0.15, 0.2) is 0 Å². The average Bonchev–Trinajstić information content (AvgIpc) is 3.18. The number of aryl methyl sites for hydroxylation is 1. The number of carbonyl (C=O) groups excluding carboxylic acids is 2. The van der Waals surface area contributed by atoms with Crippen LogP contribution in [0.4, 0.5) is 20.7 Å². The number of anilines is 2. The lowest BCUT2D eigenvalue weighted by atomic mass is 10.0. The molecule has 3 aromatic rings. The number of urea groups is 1. The van der Waals surface area contributed by atoms with Gasteiger partial charge in [0.2, 0.25) is 0 Å². The van der Waals surface area contributed by atoms with Crippen molar-refractivity contribution in [2.24, 2.45) is 0 Å². The zero-order valence-electron chi connectivity index (χ0n) is 19.3. The molecular formula is C26H28FN5O2. The highest BCUT2D eigenvalue weighted by atomic mass is 19.1. The standard InChI is InChI=1S/C26H28FN5O2/c1-16-5-3-6-18-10-12-29-24(23(16)18)32(20-7-4-11-28-14-20)25(33)21-9-8-19(13-22(21)27)31-15-17(2)30-26(31)34/h3,5-6,8-10,12-13,17,20,28H,4,7,11,14-15H2,1-2H3,(H,30,34)/t17?,20-/m1/s1. The van der Waals surface area contributed by atoms with Crippen LogP contribution in [0.15, 0.2) is 48.7 Å². The summed E-state index contributed by atoms with van der Waals surface area (Å²) in [5.74, 6) is -0.536. The van der Waals surface area contributed by atoms with Gasteiger partial charge in [-0.3, -0.25) is 14.6 Å². The molecule has 2 fully saturated rings. The van der Waals surface area contributed by atoms with E-state index in [1.54, 1.807) is 17.2 Å². The molecule has 0 spiro atoms. The van der Waals surface area contributed by atoms with Gasteiger partial charge in [-0.2, -0.15) is 0 Å². The van der Waals surface area contributed by atoms with E-state index in [2.05, 4.69) is 15.6 Å². The summed E-state index contributed by atoms with van der Waals surface area (Å²) in [5, 5.41) is 8.03. The Hall–Kier alpha value is -3.52. The van der Waals surface area contributed by atoms with Crippen LogP contribution in [-0.2, 0) is 0 Å². The number of benzene rings is 2. The lowest BCUT2D eigenvalue weighted by Gasteiger charge is -2.35. The Morgan fingerprint density at radius 1 is 1.24 bits per heavy atom. The highest BCUT2D eigenvalue weighted by Gasteiger charge is 2.33. The largest absolute Gasteiger partial charge is 0.333 e. The van der Waals surface area contributed by atoms with Gasteiger partial charge in [0, 0.05) is 36.4 Å². The number of rotatable bonds is 4. The molecule has 2 aliphatic rings. The second-order valence-corrected chi connectivity index (χ2v) is 9.11. The van der Waals surface area contributed by atoms with Crippen molar-refractivity contribution in [2.45, 2.75) is 38.8 Å². The molecule has 2 atom stereocenters. The molecule has 2 aromatic carbocycles. The number of hydrogen-bond donors (Lipinski definition) is 2. The smallest absolute Gasteiger partial charge is 0.322 e. The van der Waals surface area contributed by atoms with Crippen LogP contribution in [0.1, 0.15) is 35.7 Å². The molecule has 1 aromatic heterocycles. The summed E-state index contributed by atoms with van der Waals surface area (Å²) >= 11 is 0. The number of aromatic nitrogens is 1. The van der Waals surface area contributed by atoms with Crippen LogP contribution in [0.3, 0.4) is 0 Å². The Bertz CT molecular complexity index is 1250. The van der Waals surface area contributed by atoms with Crippen molar-refractivity contribution in [3.8, 4) is 0 Å². The molecule has 5 rings (SSSR count). The minimum Gasteiger partial charge on any atom is -0.333 e. The molecule has 176 valence electrons. The summed E-state index contributed by atoms with van der Waals surface area (Å²) in [6.45, 7) is 5.83. The van der Waals surface area contributed by atoms with Crippen molar-refractivity contribution in [3.05, 3.63) is 65.6 Å². The predicted molar refractivity (Wildman–Crippen MR) is 131 cm³/mol. The van der Waals surface area contributed by atoms with Gasteiger partial charge >= 0.3 is 6.03 Å². The van der Waals surface area contributed by atoms with Crippen molar-refractivity contribution in [2.75, 3.05) is 29.4 Å². The van der Waals surface area contributed by atoms with E-state index in [4.69, 9.17) is 0 Å². The summed E-state index contributed by atoms with van der Waals surface area (Å²) in [6, 6.07) is 11.8. The van der Waals surface area contributed by atoms with Crippen LogP contribution in [0.5, 0.6) is 0 Å². The fourth-order valence-electron chi connectivity index (χ4n) is 4.95. The maximum absolute atomic E-state index is 15.4. The minimum absolute atomic E-state index is 0.0214. The van der Waals surface area contributed by atoms with E-state index in [9.17, 15) is 9.59 Å². The zero-order valence-corrected chi connectivity index (χ0v) is 19.3. The normalized spacial score (nSPS) is 20.4. The van der Waals surface area contributed by atoms with Crippen molar-refractivity contribution >= 4 is 34.2 Å². The monoisotopic (exact) mass is 461 g/mol. The first-order valence-electron chi connectivity index (χ1n) is 11.7. The van der Waals surface area contributed by atoms with E-state index in [1.807, 2.05) is 38.1 Å². The van der Waals surface area contributed by atoms with Crippen molar-refractivity contribution in [1.29, 1.82) is 0 Å². The number of pyridine rings is 1. The number of hydrogen-bond acceptors (Lipinski definition) is 4. The number of nitrogens with one attached hydrogen (secondary N) is 2. The molecule has 2 aliphatic heterocycles. The fraction of sp³-hybridized carbons (Fsp3) is 0.346. The lowest BCUT2D eigenvalue weighted by Crippen LogP contribution is -2.49. The summed E-state index contributed by atoms with van der Waals surface area (Å²) in [7, 11) is 0. The van der Waals surface area contributed by atoms with Crippen molar-refractivity contribution in [3.63, 3.8) is 0 Å². The van der Waals surface area contributed by atoms with Crippen LogP contribution < -0.4 is 20.4 Å². The van der Waals surface area contributed by atoms with Crippen LogP contribution in [0, 0.1) is 12.7 Å². The molecular weight excluding hydrogens is 433 g/mol. The average molecular weight is 462 g/mol. The number of fused-ring (bicyclic) bond motifs is 1. The summed E-state index contributed by atoms with van der Waals surface area (Å²) in [6.07, 6.45) is 3.41. The molecule has 7 nitrogen and oxygen atoms in total. The van der Waals surface area contributed by atoms with Gasteiger partial charge in [-0.1, -0.05) is 18.2 Å². The topological polar surface area (TPSA) is 77.6 Å². The molecule has 0 aliphatic carbocycles. The Kier molecular flexibility index (Phi) is 5.91. The molecule has 0 radical (unpaired) electrons. The molecule has 3 amide bonds. The third-order valence-corrected chi connectivity index (χ3v) is 6.63. The van der Waals surface area contributed by atoms with Crippen LogP contribution in [0.2, 0.25) is 0 Å².